The average molecular weight is 486 g/mol. The highest BCUT2D eigenvalue weighted by atomic mass is 16.6. The number of nitrogens with one attached hydrogen (secondary N) is 1. The maximum atomic E-state index is 13.2. The summed E-state index contributed by atoms with van der Waals surface area (Å²) in [7, 11) is 2.81. The first-order valence-electron chi connectivity index (χ1n) is 10.8. The predicted octanol–water partition coefficient (Wildman–Crippen LogP) is 3.90. The van der Waals surface area contributed by atoms with Crippen molar-refractivity contribution < 1.29 is 33.4 Å². The number of rotatable bonds is 6. The summed E-state index contributed by atoms with van der Waals surface area (Å²) in [4.78, 5) is 51.5. The van der Waals surface area contributed by atoms with Crippen molar-refractivity contribution in [1.82, 2.24) is 5.32 Å². The Morgan fingerprint density at radius 3 is 2.25 bits per heavy atom. The first-order valence-corrected chi connectivity index (χ1v) is 10.8. The number of anilines is 1. The number of amides is 4. The molecule has 1 fully saturated rings. The molecule has 0 bridgehead atoms. The number of aryl methyl sites for hydroxylation is 1. The van der Waals surface area contributed by atoms with Crippen LogP contribution in [0.25, 0.3) is 6.08 Å². The number of barbiturate groups is 1. The molecule has 3 aromatic carbocycles. The molecule has 9 nitrogen and oxygen atoms in total. The normalized spacial score (nSPS) is 14.5. The lowest BCUT2D eigenvalue weighted by molar-refractivity contribution is -0.122. The van der Waals surface area contributed by atoms with Crippen molar-refractivity contribution >= 4 is 35.6 Å². The van der Waals surface area contributed by atoms with E-state index in [4.69, 9.17) is 14.2 Å². The Balaban J connectivity index is 1.63. The quantitative estimate of drug-likeness (QED) is 0.243. The molecule has 1 N–H and O–H groups in total. The highest BCUT2D eigenvalue weighted by molar-refractivity contribution is 6.39. The number of benzene rings is 3. The maximum Gasteiger partial charge on any atom is 0.343 e. The molecule has 1 heterocycles. The minimum absolute atomic E-state index is 0.162. The Hall–Kier alpha value is -4.92. The fourth-order valence-electron chi connectivity index (χ4n) is 3.56. The fraction of sp³-hybridized carbons (Fsp3) is 0.111. The van der Waals surface area contributed by atoms with Gasteiger partial charge in [0.05, 0.1) is 25.5 Å². The van der Waals surface area contributed by atoms with Crippen molar-refractivity contribution in [3.05, 3.63) is 89.0 Å². The van der Waals surface area contributed by atoms with Gasteiger partial charge in [0.2, 0.25) is 0 Å². The first-order chi connectivity index (χ1) is 17.3. The van der Waals surface area contributed by atoms with Gasteiger partial charge in [-0.1, -0.05) is 35.9 Å². The average Bonchev–Trinajstić information content (AvgIpc) is 2.87. The molecule has 36 heavy (non-hydrogen) atoms. The van der Waals surface area contributed by atoms with E-state index in [-0.39, 0.29) is 28.5 Å². The summed E-state index contributed by atoms with van der Waals surface area (Å²) in [6.45, 7) is 1.91. The third-order valence-corrected chi connectivity index (χ3v) is 5.42. The molecule has 4 rings (SSSR count). The second-order valence-electron chi connectivity index (χ2n) is 7.80. The van der Waals surface area contributed by atoms with E-state index in [0.717, 1.165) is 10.5 Å². The van der Waals surface area contributed by atoms with Gasteiger partial charge in [0.25, 0.3) is 11.8 Å². The lowest BCUT2D eigenvalue weighted by Gasteiger charge is -2.27. The van der Waals surface area contributed by atoms with Crippen LogP contribution in [0.4, 0.5) is 10.5 Å². The van der Waals surface area contributed by atoms with E-state index in [0.29, 0.717) is 11.1 Å². The Labute approximate surface area is 206 Å². The Morgan fingerprint density at radius 2 is 1.56 bits per heavy atom. The molecule has 1 saturated heterocycles. The summed E-state index contributed by atoms with van der Waals surface area (Å²) in [5.74, 6) is -1.56. The van der Waals surface area contributed by atoms with Crippen molar-refractivity contribution in [2.45, 2.75) is 6.92 Å². The van der Waals surface area contributed by atoms with Crippen molar-refractivity contribution in [1.29, 1.82) is 0 Å². The number of para-hydroxylation sites is 2. The topological polar surface area (TPSA) is 111 Å². The van der Waals surface area contributed by atoms with Gasteiger partial charge < -0.3 is 14.2 Å². The number of urea groups is 1. The van der Waals surface area contributed by atoms with Crippen molar-refractivity contribution in [3.8, 4) is 17.2 Å². The van der Waals surface area contributed by atoms with Crippen LogP contribution in [-0.2, 0) is 9.59 Å². The van der Waals surface area contributed by atoms with E-state index in [2.05, 4.69) is 5.32 Å². The lowest BCUT2D eigenvalue weighted by Crippen LogP contribution is -2.54. The molecule has 0 saturated carbocycles. The second kappa shape index (κ2) is 10.1. The van der Waals surface area contributed by atoms with E-state index >= 15 is 0 Å². The van der Waals surface area contributed by atoms with Crippen LogP contribution in [0.5, 0.6) is 17.2 Å². The summed E-state index contributed by atoms with van der Waals surface area (Å²) >= 11 is 0. The van der Waals surface area contributed by atoms with E-state index in [1.807, 2.05) is 6.92 Å². The molecule has 0 unspecified atom stereocenters. The van der Waals surface area contributed by atoms with Crippen LogP contribution in [0.1, 0.15) is 21.5 Å². The number of ether oxygens (including phenoxy) is 3. The van der Waals surface area contributed by atoms with Crippen LogP contribution in [-0.4, -0.2) is 38.0 Å². The molecular weight excluding hydrogens is 464 g/mol. The van der Waals surface area contributed by atoms with Crippen molar-refractivity contribution in [2.24, 2.45) is 0 Å². The molecular formula is C27H22N2O7. The summed E-state index contributed by atoms with van der Waals surface area (Å²) in [6.07, 6.45) is 1.32. The van der Waals surface area contributed by atoms with Gasteiger partial charge >= 0.3 is 12.0 Å². The van der Waals surface area contributed by atoms with Crippen LogP contribution in [0.15, 0.2) is 72.3 Å². The number of hydrogen-bond donors (Lipinski definition) is 1. The van der Waals surface area contributed by atoms with E-state index < -0.39 is 23.8 Å². The van der Waals surface area contributed by atoms with Crippen LogP contribution in [0.3, 0.4) is 0 Å². The van der Waals surface area contributed by atoms with Gasteiger partial charge in [-0.2, -0.15) is 0 Å². The number of methoxy groups -OCH3 is 2. The minimum Gasteiger partial charge on any atom is -0.495 e. The monoisotopic (exact) mass is 486 g/mol. The fourth-order valence-corrected chi connectivity index (χ4v) is 3.56. The predicted molar refractivity (Wildman–Crippen MR) is 131 cm³/mol. The standard InChI is InChI=1S/C27H22N2O7/c1-16-8-11-18(12-9-16)26(32)36-22-13-10-17(15-23(22)35-3)14-19-24(30)28-27(33)29(25(19)31)20-6-4-5-7-21(20)34-2/h4-15H,1-3H3,(H,28,30,33)/b19-14+. The van der Waals surface area contributed by atoms with Crippen molar-refractivity contribution in [2.75, 3.05) is 19.1 Å². The van der Waals surface area contributed by atoms with Gasteiger partial charge in [0.15, 0.2) is 11.5 Å². The number of esters is 1. The zero-order chi connectivity index (χ0) is 25.8. The summed E-state index contributed by atoms with van der Waals surface area (Å²) in [5.41, 5.74) is 1.71. The van der Waals surface area contributed by atoms with Crippen LogP contribution >= 0.6 is 0 Å². The summed E-state index contributed by atoms with van der Waals surface area (Å²) in [5, 5.41) is 2.17. The zero-order valence-corrected chi connectivity index (χ0v) is 19.7. The van der Waals surface area contributed by atoms with E-state index in [9.17, 15) is 19.2 Å². The Morgan fingerprint density at radius 1 is 0.861 bits per heavy atom. The van der Waals surface area contributed by atoms with E-state index in [1.165, 1.54) is 38.5 Å². The number of imide groups is 2. The molecule has 0 radical (unpaired) electrons. The number of hydrogen-bond acceptors (Lipinski definition) is 7. The Bertz CT molecular complexity index is 1390. The molecule has 1 aliphatic heterocycles. The molecule has 4 amide bonds. The molecule has 0 spiro atoms. The van der Waals surface area contributed by atoms with Gasteiger partial charge in [-0.05, 0) is 55.0 Å². The molecule has 182 valence electrons. The third-order valence-electron chi connectivity index (χ3n) is 5.42. The zero-order valence-electron chi connectivity index (χ0n) is 19.7. The molecule has 1 aliphatic rings. The molecule has 0 aromatic heterocycles. The van der Waals surface area contributed by atoms with Gasteiger partial charge in [-0.25, -0.2) is 14.5 Å². The molecule has 0 aliphatic carbocycles. The van der Waals surface area contributed by atoms with E-state index in [1.54, 1.807) is 48.5 Å². The number of carbonyl (C=O) groups is 4. The maximum absolute atomic E-state index is 13.2. The lowest BCUT2D eigenvalue weighted by atomic mass is 10.1. The van der Waals surface area contributed by atoms with Crippen LogP contribution in [0, 0.1) is 6.92 Å². The van der Waals surface area contributed by atoms with Gasteiger partial charge in [-0.3, -0.25) is 14.9 Å². The SMILES string of the molecule is COc1cc(/C=C2\C(=O)NC(=O)N(c3ccccc3OC)C2=O)ccc1OC(=O)c1ccc(C)cc1. The third kappa shape index (κ3) is 4.80. The molecule has 0 atom stereocenters. The summed E-state index contributed by atoms with van der Waals surface area (Å²) in [6, 6.07) is 17.0. The Kier molecular flexibility index (Phi) is 6.82. The minimum atomic E-state index is -0.886. The molecule has 3 aromatic rings. The van der Waals surface area contributed by atoms with Gasteiger partial charge in [0.1, 0.15) is 11.3 Å². The number of nitrogens with zero attached hydrogens (tertiary/aromatic N) is 1. The molecule has 9 heteroatoms. The highest BCUT2D eigenvalue weighted by Crippen LogP contribution is 2.32. The second-order valence-corrected chi connectivity index (χ2v) is 7.80. The van der Waals surface area contributed by atoms with Crippen LogP contribution < -0.4 is 24.4 Å². The summed E-state index contributed by atoms with van der Waals surface area (Å²) < 4.78 is 16.1. The van der Waals surface area contributed by atoms with Crippen molar-refractivity contribution in [3.63, 3.8) is 0 Å². The first kappa shape index (κ1) is 24.2. The largest absolute Gasteiger partial charge is 0.495 e. The van der Waals surface area contributed by atoms with Gasteiger partial charge in [0, 0.05) is 0 Å². The highest BCUT2D eigenvalue weighted by Gasteiger charge is 2.38. The van der Waals surface area contributed by atoms with Crippen LogP contribution in [0.2, 0.25) is 0 Å². The number of carbonyl (C=O) groups excluding carboxylic acids is 4. The smallest absolute Gasteiger partial charge is 0.343 e. The van der Waals surface area contributed by atoms with Gasteiger partial charge in [-0.15, -0.1) is 0 Å².